The van der Waals surface area contributed by atoms with Crippen LogP contribution < -0.4 is 20.7 Å². The van der Waals surface area contributed by atoms with Crippen molar-refractivity contribution in [2.75, 3.05) is 10.6 Å². The van der Waals surface area contributed by atoms with E-state index in [0.717, 1.165) is 30.5 Å². The fourth-order valence-corrected chi connectivity index (χ4v) is 6.34. The van der Waals surface area contributed by atoms with Crippen LogP contribution in [-0.2, 0) is 9.84 Å². The van der Waals surface area contributed by atoms with Crippen LogP contribution in [-0.4, -0.2) is 41.8 Å². The molecule has 0 aliphatic carbocycles. The zero-order valence-electron chi connectivity index (χ0n) is 25.5. The van der Waals surface area contributed by atoms with Gasteiger partial charge in [-0.05, 0) is 94.8 Å². The summed E-state index contributed by atoms with van der Waals surface area (Å²) < 4.78 is 32.2. The summed E-state index contributed by atoms with van der Waals surface area (Å²) in [4.78, 5) is 9.18. The molecule has 4 rings (SSSR count). The SMILES string of the molecule is CC[C@H]1CC(c2cc(OC(C)C)c(Nc3ncc(Cl)c(Nc4ccccc4S(=O)(=O)C(C)C)n3)cc2C)=C[C@@H](CC)N1. The van der Waals surface area contributed by atoms with Crippen molar-refractivity contribution in [3.8, 4) is 5.75 Å². The van der Waals surface area contributed by atoms with Crippen LogP contribution in [0.2, 0.25) is 5.02 Å². The standard InChI is InChI=1S/C32H42ClN5O3S/c1-8-23-15-22(16-24(9-2)35-23)25-17-29(41-19(3)4)28(14-21(25)7)37-32-34-18-26(33)31(38-32)36-27-12-10-11-13-30(27)42(39,40)20(5)6/h10-15,17-20,23-24,35H,8-9,16H2,1-7H3,(H2,34,36,37,38)/t23-,24+/m1/s1. The first-order chi connectivity index (χ1) is 19.9. The summed E-state index contributed by atoms with van der Waals surface area (Å²) in [5.41, 5.74) is 4.75. The first-order valence-electron chi connectivity index (χ1n) is 14.6. The van der Waals surface area contributed by atoms with Gasteiger partial charge in [0.2, 0.25) is 5.95 Å². The van der Waals surface area contributed by atoms with Crippen LogP contribution in [0.3, 0.4) is 0 Å². The van der Waals surface area contributed by atoms with E-state index in [1.807, 2.05) is 13.8 Å². The molecule has 42 heavy (non-hydrogen) atoms. The summed E-state index contributed by atoms with van der Waals surface area (Å²) in [6.45, 7) is 13.8. The highest BCUT2D eigenvalue weighted by Crippen LogP contribution is 2.38. The third-order valence-electron chi connectivity index (χ3n) is 7.34. The molecule has 226 valence electrons. The Labute approximate surface area is 255 Å². The lowest BCUT2D eigenvalue weighted by Gasteiger charge is -2.30. The molecule has 0 fully saturated rings. The number of anilines is 4. The van der Waals surface area contributed by atoms with Crippen molar-refractivity contribution in [1.29, 1.82) is 0 Å². The molecule has 2 atom stereocenters. The van der Waals surface area contributed by atoms with Crippen LogP contribution in [0, 0.1) is 6.92 Å². The third kappa shape index (κ3) is 7.25. The van der Waals surface area contributed by atoms with E-state index in [4.69, 9.17) is 16.3 Å². The minimum absolute atomic E-state index is 0.0438. The van der Waals surface area contributed by atoms with Crippen molar-refractivity contribution >= 4 is 50.2 Å². The summed E-state index contributed by atoms with van der Waals surface area (Å²) in [7, 11) is -3.53. The number of aryl methyl sites for hydroxylation is 1. The van der Waals surface area contributed by atoms with Gasteiger partial charge in [-0.25, -0.2) is 13.4 Å². The number of ether oxygens (including phenoxy) is 1. The van der Waals surface area contributed by atoms with Gasteiger partial charge in [-0.3, -0.25) is 0 Å². The molecule has 2 aromatic carbocycles. The van der Waals surface area contributed by atoms with E-state index in [9.17, 15) is 8.42 Å². The molecule has 1 aliphatic rings. The Kier molecular flexibility index (Phi) is 10.2. The van der Waals surface area contributed by atoms with Crippen LogP contribution in [0.5, 0.6) is 5.75 Å². The van der Waals surface area contributed by atoms with Crippen LogP contribution in [0.1, 0.15) is 71.9 Å². The number of hydrogen-bond donors (Lipinski definition) is 3. The Morgan fingerprint density at radius 2 is 1.81 bits per heavy atom. The van der Waals surface area contributed by atoms with Crippen molar-refractivity contribution in [3.63, 3.8) is 0 Å². The topological polar surface area (TPSA) is 105 Å². The molecule has 3 N–H and O–H groups in total. The summed E-state index contributed by atoms with van der Waals surface area (Å²) >= 11 is 6.46. The van der Waals surface area contributed by atoms with E-state index in [1.54, 1.807) is 38.1 Å². The van der Waals surface area contributed by atoms with Crippen molar-refractivity contribution in [2.45, 2.75) is 96.1 Å². The number of para-hydroxylation sites is 1. The van der Waals surface area contributed by atoms with Crippen molar-refractivity contribution in [2.24, 2.45) is 0 Å². The maximum Gasteiger partial charge on any atom is 0.229 e. The summed E-state index contributed by atoms with van der Waals surface area (Å²) in [6.07, 6.45) is 6.85. The van der Waals surface area contributed by atoms with Gasteiger partial charge in [0, 0.05) is 12.1 Å². The van der Waals surface area contributed by atoms with E-state index >= 15 is 0 Å². The summed E-state index contributed by atoms with van der Waals surface area (Å²) in [5.74, 6) is 1.29. The highest BCUT2D eigenvalue weighted by molar-refractivity contribution is 7.92. The Bertz CT molecular complexity index is 1560. The molecule has 1 aliphatic heterocycles. The monoisotopic (exact) mass is 611 g/mol. The Hall–Kier alpha value is -3.14. The van der Waals surface area contributed by atoms with Gasteiger partial charge in [-0.15, -0.1) is 0 Å². The Morgan fingerprint density at radius 1 is 1.07 bits per heavy atom. The van der Waals surface area contributed by atoms with Gasteiger partial charge < -0.3 is 20.7 Å². The van der Waals surface area contributed by atoms with E-state index < -0.39 is 15.1 Å². The number of halogens is 1. The lowest BCUT2D eigenvalue weighted by molar-refractivity contribution is 0.243. The molecule has 0 spiro atoms. The van der Waals surface area contributed by atoms with Crippen LogP contribution in [0.4, 0.5) is 23.1 Å². The molecule has 0 radical (unpaired) electrons. The largest absolute Gasteiger partial charge is 0.489 e. The van der Waals surface area contributed by atoms with E-state index in [0.29, 0.717) is 29.5 Å². The average molecular weight is 612 g/mol. The first-order valence-corrected chi connectivity index (χ1v) is 16.5. The predicted molar refractivity (Wildman–Crippen MR) is 173 cm³/mol. The van der Waals surface area contributed by atoms with Crippen LogP contribution in [0.15, 0.2) is 53.6 Å². The number of rotatable bonds is 11. The third-order valence-corrected chi connectivity index (χ3v) is 9.83. The minimum atomic E-state index is -3.53. The molecule has 0 saturated heterocycles. The molecular formula is C32H42ClN5O3S. The molecule has 0 saturated carbocycles. The van der Waals surface area contributed by atoms with Gasteiger partial charge in [0.15, 0.2) is 15.7 Å². The second-order valence-electron chi connectivity index (χ2n) is 11.2. The predicted octanol–water partition coefficient (Wildman–Crippen LogP) is 7.83. The lowest BCUT2D eigenvalue weighted by atomic mass is 9.88. The summed E-state index contributed by atoms with van der Waals surface area (Å²) in [5, 5.41) is 9.82. The average Bonchev–Trinajstić information content (AvgIpc) is 2.95. The molecule has 2 heterocycles. The number of aromatic nitrogens is 2. The highest BCUT2D eigenvalue weighted by Gasteiger charge is 2.24. The molecule has 10 heteroatoms. The summed E-state index contributed by atoms with van der Waals surface area (Å²) in [6, 6.07) is 11.7. The molecular weight excluding hydrogens is 570 g/mol. The maximum absolute atomic E-state index is 13.0. The number of sulfone groups is 1. The Morgan fingerprint density at radius 3 is 2.48 bits per heavy atom. The molecule has 8 nitrogen and oxygen atoms in total. The van der Waals surface area contributed by atoms with E-state index in [-0.39, 0.29) is 21.8 Å². The van der Waals surface area contributed by atoms with Gasteiger partial charge in [-0.2, -0.15) is 4.98 Å². The van der Waals surface area contributed by atoms with Crippen molar-refractivity contribution < 1.29 is 13.2 Å². The molecule has 0 amide bonds. The molecule has 0 bridgehead atoms. The van der Waals surface area contributed by atoms with Gasteiger partial charge in [0.05, 0.1) is 33.8 Å². The van der Waals surface area contributed by atoms with Gasteiger partial charge in [-0.1, -0.05) is 43.7 Å². The van der Waals surface area contributed by atoms with Gasteiger partial charge >= 0.3 is 0 Å². The first kappa shape index (κ1) is 31.8. The number of benzene rings is 2. The van der Waals surface area contributed by atoms with Crippen LogP contribution in [0.25, 0.3) is 5.57 Å². The van der Waals surface area contributed by atoms with Gasteiger partial charge in [0.25, 0.3) is 0 Å². The van der Waals surface area contributed by atoms with Crippen molar-refractivity contribution in [1.82, 2.24) is 15.3 Å². The molecule has 0 unspecified atom stereocenters. The molecule has 3 aromatic rings. The minimum Gasteiger partial charge on any atom is -0.489 e. The number of nitrogens with one attached hydrogen (secondary N) is 3. The second kappa shape index (κ2) is 13.4. The quantitative estimate of drug-likeness (QED) is 0.201. The van der Waals surface area contributed by atoms with E-state index in [2.05, 4.69) is 64.9 Å². The fraction of sp³-hybridized carbons (Fsp3) is 0.438. The smallest absolute Gasteiger partial charge is 0.229 e. The van der Waals surface area contributed by atoms with Crippen LogP contribution >= 0.6 is 11.6 Å². The zero-order valence-corrected chi connectivity index (χ0v) is 27.0. The van der Waals surface area contributed by atoms with Crippen molar-refractivity contribution in [3.05, 3.63) is 64.8 Å². The van der Waals surface area contributed by atoms with Gasteiger partial charge in [0.1, 0.15) is 10.8 Å². The number of hydrogen-bond acceptors (Lipinski definition) is 8. The number of nitrogens with zero attached hydrogens (tertiary/aromatic N) is 2. The second-order valence-corrected chi connectivity index (χ2v) is 14.1. The zero-order chi connectivity index (χ0) is 30.6. The fourth-order valence-electron chi connectivity index (χ4n) is 5.00. The highest BCUT2D eigenvalue weighted by atomic mass is 35.5. The maximum atomic E-state index is 13.0. The molecule has 1 aromatic heterocycles. The lowest BCUT2D eigenvalue weighted by Crippen LogP contribution is -2.40. The normalized spacial score (nSPS) is 17.3. The Balaban J connectivity index is 1.69. The van der Waals surface area contributed by atoms with E-state index in [1.165, 1.54) is 17.3 Å².